The Morgan fingerprint density at radius 3 is 3.00 bits per heavy atom. The van der Waals surface area contributed by atoms with Crippen LogP contribution < -0.4 is 5.32 Å². The molecule has 1 saturated heterocycles. The predicted molar refractivity (Wildman–Crippen MR) is 114 cm³/mol. The highest BCUT2D eigenvalue weighted by Gasteiger charge is 2.28. The Kier molecular flexibility index (Phi) is 7.55. The zero-order valence-electron chi connectivity index (χ0n) is 13.9. The summed E-state index contributed by atoms with van der Waals surface area (Å²) < 4.78 is 3.39. The summed E-state index contributed by atoms with van der Waals surface area (Å²) in [7, 11) is 1.86. The maximum atomic E-state index is 4.47. The average molecular weight is 524 g/mol. The number of imidazole rings is 1. The Morgan fingerprint density at radius 1 is 1.54 bits per heavy atom. The van der Waals surface area contributed by atoms with Gasteiger partial charge in [0.25, 0.3) is 0 Å². The number of rotatable bonds is 3. The van der Waals surface area contributed by atoms with Crippen molar-refractivity contribution >= 4 is 57.2 Å². The standard InChI is InChI=1S/C16H22BrN5S.HI/c1-12-3-5-21(9-14(12)22-6-4-19-11-22)16(18-2)20-8-13-7-15(17)23-10-13;/h4,6-7,10-12,14H,3,5,8-9H2,1-2H3,(H,18,20);1H. The van der Waals surface area contributed by atoms with Crippen molar-refractivity contribution < 1.29 is 0 Å². The zero-order valence-corrected chi connectivity index (χ0v) is 18.6. The van der Waals surface area contributed by atoms with Crippen LogP contribution in [0, 0.1) is 5.92 Å². The number of thiophene rings is 1. The van der Waals surface area contributed by atoms with Gasteiger partial charge in [-0.3, -0.25) is 4.99 Å². The van der Waals surface area contributed by atoms with Crippen LogP contribution in [-0.4, -0.2) is 40.5 Å². The van der Waals surface area contributed by atoms with Crippen LogP contribution in [0.4, 0.5) is 0 Å². The van der Waals surface area contributed by atoms with E-state index in [0.717, 1.165) is 35.8 Å². The van der Waals surface area contributed by atoms with Crippen LogP contribution in [-0.2, 0) is 6.54 Å². The van der Waals surface area contributed by atoms with Crippen LogP contribution in [0.5, 0.6) is 0 Å². The molecule has 0 amide bonds. The number of aromatic nitrogens is 2. The molecule has 2 unspecified atom stereocenters. The Labute approximate surface area is 172 Å². The van der Waals surface area contributed by atoms with Gasteiger partial charge in [-0.25, -0.2) is 4.98 Å². The number of aliphatic imine (C=N–C) groups is 1. The largest absolute Gasteiger partial charge is 0.352 e. The monoisotopic (exact) mass is 523 g/mol. The first kappa shape index (κ1) is 19.7. The highest BCUT2D eigenvalue weighted by atomic mass is 127. The van der Waals surface area contributed by atoms with Crippen molar-refractivity contribution in [3.63, 3.8) is 0 Å². The second kappa shape index (κ2) is 9.19. The fraction of sp³-hybridized carbons (Fsp3) is 0.500. The summed E-state index contributed by atoms with van der Waals surface area (Å²) in [6, 6.07) is 2.59. The van der Waals surface area contributed by atoms with Gasteiger partial charge < -0.3 is 14.8 Å². The van der Waals surface area contributed by atoms with Crippen LogP contribution in [0.1, 0.15) is 24.9 Å². The van der Waals surface area contributed by atoms with E-state index in [9.17, 15) is 0 Å². The lowest BCUT2D eigenvalue weighted by molar-refractivity contribution is 0.189. The highest BCUT2D eigenvalue weighted by molar-refractivity contribution is 14.0. The molecule has 2 aromatic heterocycles. The third-order valence-corrected chi connectivity index (χ3v) is 5.96. The Bertz CT molecular complexity index is 657. The fourth-order valence-electron chi connectivity index (χ4n) is 3.05. The van der Waals surface area contributed by atoms with Crippen LogP contribution >= 0.6 is 51.2 Å². The van der Waals surface area contributed by atoms with Gasteiger partial charge in [-0.15, -0.1) is 35.3 Å². The van der Waals surface area contributed by atoms with Crippen molar-refractivity contribution in [2.45, 2.75) is 25.9 Å². The van der Waals surface area contributed by atoms with Crippen molar-refractivity contribution in [3.05, 3.63) is 39.5 Å². The Hall–Kier alpha value is -0.610. The third kappa shape index (κ3) is 4.72. The van der Waals surface area contributed by atoms with E-state index in [0.29, 0.717) is 12.0 Å². The minimum absolute atomic E-state index is 0. The minimum atomic E-state index is 0. The fourth-order valence-corrected chi connectivity index (χ4v) is 4.26. The summed E-state index contributed by atoms with van der Waals surface area (Å²) in [5.41, 5.74) is 1.28. The first-order valence-electron chi connectivity index (χ1n) is 7.83. The Morgan fingerprint density at radius 2 is 2.38 bits per heavy atom. The van der Waals surface area contributed by atoms with E-state index in [1.165, 1.54) is 5.56 Å². The number of guanidine groups is 1. The summed E-state index contributed by atoms with van der Waals surface area (Å²) >= 11 is 5.22. The van der Waals surface area contributed by atoms with Crippen molar-refractivity contribution in [3.8, 4) is 0 Å². The van der Waals surface area contributed by atoms with Gasteiger partial charge in [-0.05, 0) is 45.3 Å². The zero-order chi connectivity index (χ0) is 16.2. The van der Waals surface area contributed by atoms with Crippen molar-refractivity contribution in [2.75, 3.05) is 20.1 Å². The van der Waals surface area contributed by atoms with E-state index in [-0.39, 0.29) is 24.0 Å². The second-order valence-electron chi connectivity index (χ2n) is 5.95. The van der Waals surface area contributed by atoms with E-state index < -0.39 is 0 Å². The average Bonchev–Trinajstić information content (AvgIpc) is 3.21. The SMILES string of the molecule is CN=C(NCc1csc(Br)c1)N1CCC(C)C(n2ccnc2)C1.I. The Balaban J connectivity index is 0.00000208. The first-order chi connectivity index (χ1) is 11.2. The molecule has 0 spiro atoms. The van der Waals surface area contributed by atoms with Gasteiger partial charge in [0.15, 0.2) is 5.96 Å². The molecule has 5 nitrogen and oxygen atoms in total. The molecule has 0 saturated carbocycles. The van der Waals surface area contributed by atoms with Gasteiger partial charge in [0.05, 0.1) is 16.2 Å². The first-order valence-corrected chi connectivity index (χ1v) is 9.50. The molecular weight excluding hydrogens is 501 g/mol. The molecule has 3 heterocycles. The summed E-state index contributed by atoms with van der Waals surface area (Å²) in [5.74, 6) is 1.62. The molecule has 0 aromatic carbocycles. The van der Waals surface area contributed by atoms with Crippen LogP contribution in [0.2, 0.25) is 0 Å². The molecule has 1 aliphatic heterocycles. The molecule has 2 atom stereocenters. The molecule has 8 heteroatoms. The summed E-state index contributed by atoms with van der Waals surface area (Å²) in [5, 5.41) is 5.65. The summed E-state index contributed by atoms with van der Waals surface area (Å²) in [6.45, 7) is 5.13. The van der Waals surface area contributed by atoms with Crippen LogP contribution in [0.3, 0.4) is 0 Å². The molecular formula is C16H23BrIN5S. The minimum Gasteiger partial charge on any atom is -0.352 e. The number of halogens is 2. The predicted octanol–water partition coefficient (Wildman–Crippen LogP) is 3.98. The van der Waals surface area contributed by atoms with E-state index in [4.69, 9.17) is 0 Å². The maximum Gasteiger partial charge on any atom is 0.193 e. The van der Waals surface area contributed by atoms with E-state index in [1.807, 2.05) is 19.6 Å². The topological polar surface area (TPSA) is 45.5 Å². The van der Waals surface area contributed by atoms with Crippen LogP contribution in [0.25, 0.3) is 0 Å². The van der Waals surface area contributed by atoms with Crippen molar-refractivity contribution in [1.29, 1.82) is 0 Å². The number of nitrogens with one attached hydrogen (secondary N) is 1. The van der Waals surface area contributed by atoms with E-state index in [2.05, 4.69) is 65.3 Å². The lowest BCUT2D eigenvalue weighted by Gasteiger charge is -2.39. The molecule has 0 aliphatic carbocycles. The second-order valence-corrected chi connectivity index (χ2v) is 8.24. The number of hydrogen-bond donors (Lipinski definition) is 1. The molecule has 0 bridgehead atoms. The molecule has 0 radical (unpaired) electrons. The van der Waals surface area contributed by atoms with Gasteiger partial charge in [0, 0.05) is 39.1 Å². The van der Waals surface area contributed by atoms with Crippen LogP contribution in [0.15, 0.2) is 38.9 Å². The van der Waals surface area contributed by atoms with Crippen molar-refractivity contribution in [2.24, 2.45) is 10.9 Å². The molecule has 2 aromatic rings. The van der Waals surface area contributed by atoms with E-state index >= 15 is 0 Å². The molecule has 1 aliphatic rings. The van der Waals surface area contributed by atoms with Gasteiger partial charge in [0.2, 0.25) is 0 Å². The number of piperidine rings is 1. The molecule has 1 fully saturated rings. The van der Waals surface area contributed by atoms with E-state index in [1.54, 1.807) is 11.3 Å². The lowest BCUT2D eigenvalue weighted by Crippen LogP contribution is -2.48. The highest BCUT2D eigenvalue weighted by Crippen LogP contribution is 2.27. The summed E-state index contributed by atoms with van der Waals surface area (Å²) in [4.78, 5) is 11.0. The van der Waals surface area contributed by atoms with Gasteiger partial charge in [-0.2, -0.15) is 0 Å². The van der Waals surface area contributed by atoms with Gasteiger partial charge >= 0.3 is 0 Å². The van der Waals surface area contributed by atoms with Crippen molar-refractivity contribution in [1.82, 2.24) is 19.8 Å². The quantitative estimate of drug-likeness (QED) is 0.376. The smallest absolute Gasteiger partial charge is 0.193 e. The molecule has 1 N–H and O–H groups in total. The third-order valence-electron chi connectivity index (χ3n) is 4.41. The lowest BCUT2D eigenvalue weighted by atomic mass is 9.93. The number of likely N-dealkylation sites (tertiary alicyclic amines) is 1. The molecule has 3 rings (SSSR count). The number of nitrogens with zero attached hydrogens (tertiary/aromatic N) is 4. The molecule has 24 heavy (non-hydrogen) atoms. The summed E-state index contributed by atoms with van der Waals surface area (Å²) in [6.07, 6.45) is 6.99. The van der Waals surface area contributed by atoms with Gasteiger partial charge in [0.1, 0.15) is 0 Å². The van der Waals surface area contributed by atoms with Gasteiger partial charge in [-0.1, -0.05) is 6.92 Å². The number of hydrogen-bond acceptors (Lipinski definition) is 3. The maximum absolute atomic E-state index is 4.47. The molecule has 132 valence electrons. The normalized spacial score (nSPS) is 21.5.